The largest absolute Gasteiger partial charge is 0.451 e. The second-order valence-electron chi connectivity index (χ2n) is 6.29. The van der Waals surface area contributed by atoms with Crippen LogP contribution in [0.25, 0.3) is 0 Å². The van der Waals surface area contributed by atoms with Crippen LogP contribution in [0.5, 0.6) is 0 Å². The summed E-state index contributed by atoms with van der Waals surface area (Å²) in [5.74, 6) is 1.10. The molecule has 2 aromatic heterocycles. The van der Waals surface area contributed by atoms with Crippen molar-refractivity contribution < 1.29 is 18.7 Å². The standard InChI is InChI=1S/C17H21N5O4/c23-17(13-9-26-11-19-13)22-5-8-25-10-14(22)16-18-4-1-15(21-16)20-12-2-6-24-7-3-12/h1,4,9,11-12,14H,2-3,5-8,10H2,(H,18,20,21)/t14-/m1/s1. The van der Waals surface area contributed by atoms with Crippen molar-refractivity contribution in [1.29, 1.82) is 0 Å². The second-order valence-corrected chi connectivity index (χ2v) is 6.29. The van der Waals surface area contributed by atoms with Gasteiger partial charge in [0.05, 0.1) is 13.2 Å². The van der Waals surface area contributed by atoms with Crippen molar-refractivity contribution in [3.63, 3.8) is 0 Å². The maximum atomic E-state index is 12.7. The van der Waals surface area contributed by atoms with Gasteiger partial charge in [-0.3, -0.25) is 4.79 Å². The van der Waals surface area contributed by atoms with E-state index < -0.39 is 0 Å². The number of carbonyl (C=O) groups excluding carboxylic acids is 1. The van der Waals surface area contributed by atoms with E-state index in [1.807, 2.05) is 6.07 Å². The Kier molecular flexibility index (Phi) is 5.07. The quantitative estimate of drug-likeness (QED) is 0.871. The number of rotatable bonds is 4. The summed E-state index contributed by atoms with van der Waals surface area (Å²) in [5.41, 5.74) is 0.272. The van der Waals surface area contributed by atoms with Gasteiger partial charge in [-0.05, 0) is 18.9 Å². The number of anilines is 1. The summed E-state index contributed by atoms with van der Waals surface area (Å²) < 4.78 is 15.9. The minimum atomic E-state index is -0.357. The van der Waals surface area contributed by atoms with Crippen molar-refractivity contribution in [2.24, 2.45) is 0 Å². The number of carbonyl (C=O) groups is 1. The van der Waals surface area contributed by atoms with Crippen LogP contribution in [-0.4, -0.2) is 64.8 Å². The van der Waals surface area contributed by atoms with E-state index in [1.165, 1.54) is 12.7 Å². The van der Waals surface area contributed by atoms with Gasteiger partial charge in [-0.1, -0.05) is 0 Å². The molecule has 2 aliphatic rings. The molecule has 0 saturated carbocycles. The fourth-order valence-electron chi connectivity index (χ4n) is 3.19. The van der Waals surface area contributed by atoms with Crippen LogP contribution in [0.3, 0.4) is 0 Å². The Morgan fingerprint density at radius 1 is 1.19 bits per heavy atom. The van der Waals surface area contributed by atoms with Crippen molar-refractivity contribution in [1.82, 2.24) is 19.9 Å². The summed E-state index contributed by atoms with van der Waals surface area (Å²) in [7, 11) is 0. The van der Waals surface area contributed by atoms with E-state index in [9.17, 15) is 4.79 Å². The lowest BCUT2D eigenvalue weighted by Crippen LogP contribution is -2.44. The lowest BCUT2D eigenvalue weighted by atomic mass is 10.1. The highest BCUT2D eigenvalue weighted by molar-refractivity contribution is 5.92. The highest BCUT2D eigenvalue weighted by Crippen LogP contribution is 2.24. The van der Waals surface area contributed by atoms with Crippen molar-refractivity contribution in [3.8, 4) is 0 Å². The molecule has 4 rings (SSSR count). The van der Waals surface area contributed by atoms with Crippen LogP contribution in [0.1, 0.15) is 35.2 Å². The van der Waals surface area contributed by atoms with Gasteiger partial charge in [0.25, 0.3) is 5.91 Å². The van der Waals surface area contributed by atoms with Crippen LogP contribution in [0.2, 0.25) is 0 Å². The molecule has 2 aliphatic heterocycles. The van der Waals surface area contributed by atoms with Gasteiger partial charge in [-0.15, -0.1) is 0 Å². The zero-order chi connectivity index (χ0) is 17.8. The molecule has 4 heterocycles. The van der Waals surface area contributed by atoms with Crippen LogP contribution in [-0.2, 0) is 9.47 Å². The molecule has 0 bridgehead atoms. The molecule has 0 spiro atoms. The number of aromatic nitrogens is 3. The summed E-state index contributed by atoms with van der Waals surface area (Å²) >= 11 is 0. The molecule has 0 unspecified atom stereocenters. The van der Waals surface area contributed by atoms with Crippen molar-refractivity contribution in [2.75, 3.05) is 38.3 Å². The molecule has 1 atom stereocenters. The molecule has 0 radical (unpaired) electrons. The number of hydrogen-bond donors (Lipinski definition) is 1. The average molecular weight is 359 g/mol. The van der Waals surface area contributed by atoms with Crippen molar-refractivity contribution in [2.45, 2.75) is 24.9 Å². The Balaban J connectivity index is 1.52. The zero-order valence-corrected chi connectivity index (χ0v) is 14.3. The monoisotopic (exact) mass is 359 g/mol. The third kappa shape index (κ3) is 3.68. The lowest BCUT2D eigenvalue weighted by molar-refractivity contribution is -0.00550. The van der Waals surface area contributed by atoms with Crippen LogP contribution in [0.4, 0.5) is 5.82 Å². The number of nitrogens with one attached hydrogen (secondary N) is 1. The van der Waals surface area contributed by atoms with Crippen LogP contribution < -0.4 is 5.32 Å². The number of morpholine rings is 1. The van der Waals surface area contributed by atoms with Crippen LogP contribution >= 0.6 is 0 Å². The van der Waals surface area contributed by atoms with Gasteiger partial charge in [0.15, 0.2) is 17.9 Å². The third-order valence-electron chi connectivity index (χ3n) is 4.59. The SMILES string of the molecule is O=C(c1cocn1)N1CCOC[C@@H]1c1nccc(NC2CCOCC2)n1. The van der Waals surface area contributed by atoms with Gasteiger partial charge in [0.2, 0.25) is 0 Å². The maximum absolute atomic E-state index is 12.7. The molecule has 2 fully saturated rings. The highest BCUT2D eigenvalue weighted by Gasteiger charge is 2.32. The van der Waals surface area contributed by atoms with Crippen LogP contribution in [0, 0.1) is 0 Å². The van der Waals surface area contributed by atoms with Gasteiger partial charge in [-0.2, -0.15) is 0 Å². The smallest absolute Gasteiger partial charge is 0.276 e. The molecule has 138 valence electrons. The van der Waals surface area contributed by atoms with Gasteiger partial charge < -0.3 is 24.1 Å². The van der Waals surface area contributed by atoms with Crippen molar-refractivity contribution >= 4 is 11.7 Å². The van der Waals surface area contributed by atoms with E-state index in [1.54, 1.807) is 11.1 Å². The Bertz CT molecular complexity index is 733. The zero-order valence-electron chi connectivity index (χ0n) is 14.3. The normalized spacial score (nSPS) is 21.5. The Morgan fingerprint density at radius 2 is 2.08 bits per heavy atom. The molecule has 0 aliphatic carbocycles. The summed E-state index contributed by atoms with van der Waals surface area (Å²) in [5, 5.41) is 3.43. The van der Waals surface area contributed by atoms with Gasteiger partial charge >= 0.3 is 0 Å². The molecule has 2 aromatic rings. The van der Waals surface area contributed by atoms with E-state index in [-0.39, 0.29) is 17.6 Å². The first kappa shape index (κ1) is 16.9. The van der Waals surface area contributed by atoms with Gasteiger partial charge in [0.1, 0.15) is 18.1 Å². The lowest BCUT2D eigenvalue weighted by Gasteiger charge is -2.34. The molecule has 2 saturated heterocycles. The number of hydrogen-bond acceptors (Lipinski definition) is 8. The molecular weight excluding hydrogens is 338 g/mol. The molecular formula is C17H21N5O4. The minimum absolute atomic E-state index is 0.210. The number of oxazole rings is 1. The van der Waals surface area contributed by atoms with Gasteiger partial charge in [-0.25, -0.2) is 15.0 Å². The number of nitrogens with zero attached hydrogens (tertiary/aromatic N) is 4. The molecule has 9 nitrogen and oxygen atoms in total. The summed E-state index contributed by atoms with van der Waals surface area (Å²) in [6, 6.07) is 1.82. The van der Waals surface area contributed by atoms with Crippen molar-refractivity contribution in [3.05, 3.63) is 36.4 Å². The van der Waals surface area contributed by atoms with E-state index in [4.69, 9.17) is 13.9 Å². The second kappa shape index (κ2) is 7.79. The maximum Gasteiger partial charge on any atom is 0.276 e. The van der Waals surface area contributed by atoms with Gasteiger partial charge in [0, 0.05) is 32.0 Å². The Hall–Kier alpha value is -2.52. The summed E-state index contributed by atoms with van der Waals surface area (Å²) in [6.45, 7) is 2.79. The Morgan fingerprint density at radius 3 is 2.88 bits per heavy atom. The fraction of sp³-hybridized carbons (Fsp3) is 0.529. The first-order valence-electron chi connectivity index (χ1n) is 8.75. The summed E-state index contributed by atoms with van der Waals surface area (Å²) in [4.78, 5) is 27.3. The van der Waals surface area contributed by atoms with Crippen LogP contribution in [0.15, 0.2) is 29.3 Å². The first-order valence-corrected chi connectivity index (χ1v) is 8.75. The molecule has 1 amide bonds. The molecule has 0 aromatic carbocycles. The average Bonchev–Trinajstić information content (AvgIpc) is 3.23. The molecule has 1 N–H and O–H groups in total. The topological polar surface area (TPSA) is 103 Å². The van der Waals surface area contributed by atoms with E-state index in [2.05, 4.69) is 20.3 Å². The Labute approximate surface area is 150 Å². The predicted molar refractivity (Wildman–Crippen MR) is 90.6 cm³/mol. The number of amides is 1. The van der Waals surface area contributed by atoms with E-state index >= 15 is 0 Å². The number of ether oxygens (including phenoxy) is 2. The minimum Gasteiger partial charge on any atom is -0.451 e. The fourth-order valence-corrected chi connectivity index (χ4v) is 3.19. The van der Waals surface area contributed by atoms with E-state index in [0.29, 0.717) is 31.6 Å². The third-order valence-corrected chi connectivity index (χ3v) is 4.59. The molecule has 9 heteroatoms. The molecule has 26 heavy (non-hydrogen) atoms. The predicted octanol–water partition coefficient (Wildman–Crippen LogP) is 1.27. The van der Waals surface area contributed by atoms with E-state index in [0.717, 1.165) is 31.9 Å². The first-order chi connectivity index (χ1) is 12.8. The highest BCUT2D eigenvalue weighted by atomic mass is 16.5. The summed E-state index contributed by atoms with van der Waals surface area (Å²) in [6.07, 6.45) is 6.19.